The molecule has 0 saturated heterocycles. The van der Waals surface area contributed by atoms with Crippen molar-refractivity contribution >= 4 is 21.6 Å². The Hall–Kier alpha value is -2.73. The van der Waals surface area contributed by atoms with Crippen molar-refractivity contribution in [3.8, 4) is 17.5 Å². The van der Waals surface area contributed by atoms with Gasteiger partial charge in [-0.25, -0.2) is 8.42 Å². The second kappa shape index (κ2) is 7.36. The van der Waals surface area contributed by atoms with E-state index in [2.05, 4.69) is 10.2 Å². The molecule has 9 heteroatoms. The van der Waals surface area contributed by atoms with E-state index in [1.54, 1.807) is 36.4 Å². The second-order valence-corrected chi connectivity index (χ2v) is 8.70. The maximum atomic E-state index is 13.1. The van der Waals surface area contributed by atoms with Gasteiger partial charge in [-0.3, -0.25) is 0 Å². The van der Waals surface area contributed by atoms with Crippen molar-refractivity contribution in [1.29, 1.82) is 5.26 Å². The van der Waals surface area contributed by atoms with Gasteiger partial charge in [-0.15, -0.1) is 10.2 Å². The number of hydrogen-bond acceptors (Lipinski definition) is 6. The van der Waals surface area contributed by atoms with Crippen molar-refractivity contribution in [2.24, 2.45) is 0 Å². The normalized spacial score (nSPS) is 14.2. The molecular formula is C19H15ClN4O3S. The lowest BCUT2D eigenvalue weighted by atomic mass is 10.2. The number of nitriles is 1. The minimum absolute atomic E-state index is 0.0404. The maximum Gasteiger partial charge on any atom is 0.249 e. The molecule has 0 N–H and O–H groups in total. The standard InChI is InChI=1S/C19H15ClN4O3S/c20-17-7-2-1-6-16(17)19-23-22-18(27-19)12-24(14-8-9-14)28(25,26)15-5-3-4-13(10-15)11-21/h1-7,10,14H,8-9,12H2. The van der Waals surface area contributed by atoms with Gasteiger partial charge in [0.2, 0.25) is 21.8 Å². The molecule has 1 aromatic heterocycles. The highest BCUT2D eigenvalue weighted by Crippen LogP contribution is 2.34. The van der Waals surface area contributed by atoms with Gasteiger partial charge >= 0.3 is 0 Å². The molecule has 0 spiro atoms. The van der Waals surface area contributed by atoms with Crippen LogP contribution in [0.15, 0.2) is 57.8 Å². The van der Waals surface area contributed by atoms with Crippen molar-refractivity contribution < 1.29 is 12.8 Å². The highest BCUT2D eigenvalue weighted by Gasteiger charge is 2.39. The van der Waals surface area contributed by atoms with Gasteiger partial charge in [0.1, 0.15) is 0 Å². The van der Waals surface area contributed by atoms with Crippen LogP contribution in [0.2, 0.25) is 5.02 Å². The van der Waals surface area contributed by atoms with Crippen molar-refractivity contribution in [3.05, 3.63) is 65.0 Å². The smallest absolute Gasteiger partial charge is 0.249 e. The maximum absolute atomic E-state index is 13.1. The van der Waals surface area contributed by atoms with Crippen molar-refractivity contribution in [3.63, 3.8) is 0 Å². The van der Waals surface area contributed by atoms with Crippen LogP contribution in [0, 0.1) is 11.3 Å². The Morgan fingerprint density at radius 2 is 1.96 bits per heavy atom. The number of nitrogens with zero attached hydrogens (tertiary/aromatic N) is 4. The molecule has 7 nitrogen and oxygen atoms in total. The van der Waals surface area contributed by atoms with E-state index in [9.17, 15) is 8.42 Å². The van der Waals surface area contributed by atoms with Crippen LogP contribution in [0.3, 0.4) is 0 Å². The van der Waals surface area contributed by atoms with Gasteiger partial charge in [0.25, 0.3) is 0 Å². The van der Waals surface area contributed by atoms with E-state index in [0.29, 0.717) is 10.6 Å². The average molecular weight is 415 g/mol. The molecule has 0 amide bonds. The van der Waals surface area contributed by atoms with Gasteiger partial charge in [0.05, 0.1) is 33.7 Å². The second-order valence-electron chi connectivity index (χ2n) is 6.40. The summed E-state index contributed by atoms with van der Waals surface area (Å²) >= 11 is 6.15. The molecule has 0 aliphatic heterocycles. The summed E-state index contributed by atoms with van der Waals surface area (Å²) in [5, 5.41) is 17.5. The topological polar surface area (TPSA) is 100 Å². The zero-order valence-electron chi connectivity index (χ0n) is 14.6. The first-order chi connectivity index (χ1) is 13.5. The molecule has 4 rings (SSSR count). The fourth-order valence-electron chi connectivity index (χ4n) is 2.83. The van der Waals surface area contributed by atoms with Crippen LogP contribution in [0.1, 0.15) is 24.3 Å². The highest BCUT2D eigenvalue weighted by atomic mass is 35.5. The van der Waals surface area contributed by atoms with Gasteiger partial charge in [-0.05, 0) is 43.2 Å². The third kappa shape index (κ3) is 3.64. The fraction of sp³-hybridized carbons (Fsp3) is 0.211. The predicted molar refractivity (Wildman–Crippen MR) is 102 cm³/mol. The zero-order chi connectivity index (χ0) is 19.7. The minimum Gasteiger partial charge on any atom is -0.419 e. The highest BCUT2D eigenvalue weighted by molar-refractivity contribution is 7.89. The summed E-state index contributed by atoms with van der Waals surface area (Å²) in [4.78, 5) is 0.0734. The molecular weight excluding hydrogens is 400 g/mol. The Morgan fingerprint density at radius 3 is 2.68 bits per heavy atom. The molecule has 28 heavy (non-hydrogen) atoms. The lowest BCUT2D eigenvalue weighted by Gasteiger charge is -2.20. The minimum atomic E-state index is -3.80. The van der Waals surface area contributed by atoms with E-state index in [1.807, 2.05) is 6.07 Å². The Balaban J connectivity index is 1.63. The summed E-state index contributed by atoms with van der Waals surface area (Å²) in [6, 6.07) is 14.9. The summed E-state index contributed by atoms with van der Waals surface area (Å²) < 4.78 is 33.3. The van der Waals surface area contributed by atoms with Crippen molar-refractivity contribution in [1.82, 2.24) is 14.5 Å². The summed E-state index contributed by atoms with van der Waals surface area (Å²) in [6.07, 6.45) is 1.53. The molecule has 0 radical (unpaired) electrons. The van der Waals surface area contributed by atoms with E-state index >= 15 is 0 Å². The number of benzene rings is 2. The SMILES string of the molecule is N#Cc1cccc(S(=O)(=O)N(Cc2nnc(-c3ccccc3Cl)o2)C2CC2)c1. The van der Waals surface area contributed by atoms with E-state index in [-0.39, 0.29) is 34.8 Å². The van der Waals surface area contributed by atoms with Crippen LogP contribution in [0.5, 0.6) is 0 Å². The molecule has 0 unspecified atom stereocenters. The third-order valence-electron chi connectivity index (χ3n) is 4.39. The molecule has 3 aromatic rings. The number of hydrogen-bond donors (Lipinski definition) is 0. The molecule has 1 fully saturated rings. The monoisotopic (exact) mass is 414 g/mol. The number of rotatable bonds is 6. The van der Waals surface area contributed by atoms with E-state index in [1.165, 1.54) is 16.4 Å². The Morgan fingerprint density at radius 1 is 1.18 bits per heavy atom. The molecule has 0 bridgehead atoms. The number of sulfonamides is 1. The predicted octanol–water partition coefficient (Wildman–Crippen LogP) is 3.61. The fourth-order valence-corrected chi connectivity index (χ4v) is 4.73. The first-order valence-electron chi connectivity index (χ1n) is 8.58. The van der Waals surface area contributed by atoms with Gasteiger partial charge in [-0.1, -0.05) is 29.8 Å². The van der Waals surface area contributed by atoms with E-state index in [0.717, 1.165) is 12.8 Å². The third-order valence-corrected chi connectivity index (χ3v) is 6.61. The first kappa shape index (κ1) is 18.6. The van der Waals surface area contributed by atoms with E-state index in [4.69, 9.17) is 21.3 Å². The number of aromatic nitrogens is 2. The van der Waals surface area contributed by atoms with Gasteiger partial charge < -0.3 is 4.42 Å². The van der Waals surface area contributed by atoms with Crippen molar-refractivity contribution in [2.75, 3.05) is 0 Å². The number of halogens is 1. The Bertz CT molecular complexity index is 1170. The molecule has 2 aromatic carbocycles. The van der Waals surface area contributed by atoms with Gasteiger partial charge in [0.15, 0.2) is 0 Å². The van der Waals surface area contributed by atoms with Crippen LogP contribution in [0.4, 0.5) is 0 Å². The molecule has 1 aliphatic rings. The molecule has 142 valence electrons. The lowest BCUT2D eigenvalue weighted by molar-refractivity contribution is 0.351. The summed E-state index contributed by atoms with van der Waals surface area (Å²) in [6.45, 7) is -0.0404. The molecule has 0 atom stereocenters. The van der Waals surface area contributed by atoms with Crippen LogP contribution in [-0.4, -0.2) is 29.0 Å². The molecule has 1 saturated carbocycles. The zero-order valence-corrected chi connectivity index (χ0v) is 16.2. The van der Waals surface area contributed by atoms with Gasteiger partial charge in [0, 0.05) is 6.04 Å². The molecule has 1 aliphatic carbocycles. The largest absolute Gasteiger partial charge is 0.419 e. The lowest BCUT2D eigenvalue weighted by Crippen LogP contribution is -2.32. The summed E-state index contributed by atoms with van der Waals surface area (Å²) in [7, 11) is -3.80. The van der Waals surface area contributed by atoms with E-state index < -0.39 is 10.0 Å². The molecule has 1 heterocycles. The summed E-state index contributed by atoms with van der Waals surface area (Å²) in [5.74, 6) is 0.419. The van der Waals surface area contributed by atoms with Gasteiger partial charge in [-0.2, -0.15) is 9.57 Å². The van der Waals surface area contributed by atoms with Crippen LogP contribution < -0.4 is 0 Å². The van der Waals surface area contributed by atoms with Crippen molar-refractivity contribution in [2.45, 2.75) is 30.3 Å². The quantitative estimate of drug-likeness (QED) is 0.610. The summed E-state index contributed by atoms with van der Waals surface area (Å²) in [5.41, 5.74) is 0.876. The van der Waals surface area contributed by atoms with Crippen LogP contribution >= 0.6 is 11.6 Å². The average Bonchev–Trinajstić information content (AvgIpc) is 3.44. The Labute approximate surface area is 167 Å². The van der Waals surface area contributed by atoms with Crippen LogP contribution in [-0.2, 0) is 16.6 Å². The van der Waals surface area contributed by atoms with Crippen LogP contribution in [0.25, 0.3) is 11.5 Å². The first-order valence-corrected chi connectivity index (χ1v) is 10.4. The Kier molecular flexibility index (Phi) is 4.89.